The van der Waals surface area contributed by atoms with Crippen LogP contribution in [0.25, 0.3) is 0 Å². The third-order valence-electron chi connectivity index (χ3n) is 9.02. The third kappa shape index (κ3) is 5.89. The van der Waals surface area contributed by atoms with Crippen molar-refractivity contribution >= 4 is 23.3 Å². The number of ketones is 3. The molecule has 1 saturated heterocycles. The Morgan fingerprint density at radius 3 is 2.50 bits per heavy atom. The van der Waals surface area contributed by atoms with Crippen molar-refractivity contribution in [3.63, 3.8) is 0 Å². The molecule has 2 aliphatic carbocycles. The minimum absolute atomic E-state index is 0.0270. The molecule has 5 rings (SSSR count). The molecule has 0 saturated carbocycles. The van der Waals surface area contributed by atoms with Gasteiger partial charge in [-0.15, -0.1) is 0 Å². The molecule has 0 amide bonds. The first-order valence-corrected chi connectivity index (χ1v) is 15.3. The summed E-state index contributed by atoms with van der Waals surface area (Å²) in [6.07, 6.45) is -3.97. The highest BCUT2D eigenvalue weighted by molar-refractivity contribution is 6.31. The molecule has 2 aromatic rings. The number of benzene rings is 2. The number of carbonyl (C=O) groups excluding carboxylic acids is 4. The van der Waals surface area contributed by atoms with Crippen LogP contribution in [0.4, 0.5) is 0 Å². The van der Waals surface area contributed by atoms with Gasteiger partial charge in [0.2, 0.25) is 5.78 Å². The van der Waals surface area contributed by atoms with Gasteiger partial charge < -0.3 is 44.7 Å². The lowest BCUT2D eigenvalue weighted by atomic mass is 9.72. The standard InChI is InChI=1S/C33H39NO12/c1-5-44-22(36)10-7-11-34-19-12-23(45-15(2)28(19)37)46-21-14-33(42,16(3)35)13-18-25(21)32(41)27-26(30(18)39)29(38)17-8-6-9-20(43-4)24(17)31(27)40/h6,8-9,15,19,21,23,28,34,37,39,41-42H,5,7,10-14H2,1-4H3/t15-,19-,21-,23-,28+,33-/m0/s1. The average Bonchev–Trinajstić information content (AvgIpc) is 3.01. The zero-order chi connectivity index (χ0) is 33.5. The van der Waals surface area contributed by atoms with Crippen LogP contribution in [0, 0.1) is 0 Å². The lowest BCUT2D eigenvalue weighted by molar-refractivity contribution is -0.249. The maximum atomic E-state index is 13.8. The topological polar surface area (TPSA) is 198 Å². The highest BCUT2D eigenvalue weighted by Crippen LogP contribution is 2.52. The predicted octanol–water partition coefficient (Wildman–Crippen LogP) is 2.00. The van der Waals surface area contributed by atoms with E-state index in [9.17, 15) is 39.6 Å². The first kappa shape index (κ1) is 33.5. The largest absolute Gasteiger partial charge is 0.507 e. The number of aliphatic hydroxyl groups excluding tert-OH is 1. The summed E-state index contributed by atoms with van der Waals surface area (Å²) < 4.78 is 22.5. The molecule has 248 valence electrons. The van der Waals surface area contributed by atoms with Gasteiger partial charge in [0, 0.05) is 48.4 Å². The summed E-state index contributed by atoms with van der Waals surface area (Å²) in [5.41, 5.74) is -3.16. The molecule has 6 atom stereocenters. The van der Waals surface area contributed by atoms with Gasteiger partial charge in [0.15, 0.2) is 17.9 Å². The van der Waals surface area contributed by atoms with Crippen LogP contribution in [-0.2, 0) is 30.2 Å². The van der Waals surface area contributed by atoms with Crippen molar-refractivity contribution in [2.75, 3.05) is 20.3 Å². The number of hydrogen-bond acceptors (Lipinski definition) is 13. The smallest absolute Gasteiger partial charge is 0.305 e. The second-order valence-corrected chi connectivity index (χ2v) is 11.9. The number of carbonyl (C=O) groups is 4. The fourth-order valence-corrected chi connectivity index (χ4v) is 6.58. The Bertz CT molecular complexity index is 1570. The number of fused-ring (bicyclic) bond motifs is 3. The quantitative estimate of drug-likeness (QED) is 0.123. The monoisotopic (exact) mass is 641 g/mol. The Hall–Kier alpha value is -3.88. The average molecular weight is 642 g/mol. The number of phenols is 2. The number of nitrogens with one attached hydrogen (secondary N) is 1. The number of ether oxygens (including phenoxy) is 4. The summed E-state index contributed by atoms with van der Waals surface area (Å²) in [5.74, 6) is -3.59. The van der Waals surface area contributed by atoms with E-state index in [-0.39, 0.29) is 59.8 Å². The number of methoxy groups -OCH3 is 1. The highest BCUT2D eigenvalue weighted by Gasteiger charge is 2.49. The number of phenolic OH excluding ortho intramolecular Hbond substituents is 2. The third-order valence-corrected chi connectivity index (χ3v) is 9.02. The molecule has 2 aromatic carbocycles. The second kappa shape index (κ2) is 13.1. The van der Waals surface area contributed by atoms with E-state index in [0.717, 1.165) is 0 Å². The fourth-order valence-electron chi connectivity index (χ4n) is 6.58. The van der Waals surface area contributed by atoms with Crippen molar-refractivity contribution in [3.8, 4) is 17.2 Å². The first-order valence-electron chi connectivity index (χ1n) is 15.3. The van der Waals surface area contributed by atoms with Crippen molar-refractivity contribution in [3.05, 3.63) is 51.6 Å². The number of esters is 1. The Kier molecular flexibility index (Phi) is 9.52. The van der Waals surface area contributed by atoms with E-state index in [1.54, 1.807) is 13.8 Å². The Morgan fingerprint density at radius 1 is 1.11 bits per heavy atom. The maximum absolute atomic E-state index is 13.8. The first-order chi connectivity index (χ1) is 21.8. The van der Waals surface area contributed by atoms with Gasteiger partial charge in [-0.3, -0.25) is 19.2 Å². The van der Waals surface area contributed by atoms with Crippen LogP contribution in [0.15, 0.2) is 18.2 Å². The lowest BCUT2D eigenvalue weighted by Crippen LogP contribution is -2.54. The van der Waals surface area contributed by atoms with Crippen LogP contribution in [-0.4, -0.2) is 94.1 Å². The van der Waals surface area contributed by atoms with E-state index in [1.807, 2.05) is 0 Å². The molecule has 1 fully saturated rings. The van der Waals surface area contributed by atoms with Gasteiger partial charge in [-0.25, -0.2) is 0 Å². The van der Waals surface area contributed by atoms with Gasteiger partial charge in [-0.2, -0.15) is 0 Å². The van der Waals surface area contributed by atoms with Crippen LogP contribution in [0.2, 0.25) is 0 Å². The number of Topliss-reactive ketones (excluding diaryl/α,β-unsaturated/α-hetero) is 1. The maximum Gasteiger partial charge on any atom is 0.305 e. The number of aromatic hydroxyl groups is 2. The SMILES string of the molecule is CCOC(=O)CCCN[C@H]1C[C@H](O[C@H]2C[C@](O)(C(C)=O)Cc3c(O)c4c(c(O)c32)C(=O)c2c(OC)cccc2C4=O)O[C@@H](C)[C@H]1O. The van der Waals surface area contributed by atoms with Crippen molar-refractivity contribution in [2.24, 2.45) is 0 Å². The van der Waals surface area contributed by atoms with Gasteiger partial charge in [-0.1, -0.05) is 12.1 Å². The van der Waals surface area contributed by atoms with Crippen molar-refractivity contribution in [2.45, 2.75) is 89.1 Å². The van der Waals surface area contributed by atoms with Crippen LogP contribution in [0.3, 0.4) is 0 Å². The number of aliphatic hydroxyl groups is 2. The molecule has 13 heteroatoms. The van der Waals surface area contributed by atoms with Crippen LogP contribution >= 0.6 is 0 Å². The van der Waals surface area contributed by atoms with Crippen molar-refractivity contribution in [1.29, 1.82) is 0 Å². The Morgan fingerprint density at radius 2 is 1.83 bits per heavy atom. The zero-order valence-corrected chi connectivity index (χ0v) is 26.1. The number of rotatable bonds is 10. The second-order valence-electron chi connectivity index (χ2n) is 11.9. The fraction of sp³-hybridized carbons (Fsp3) is 0.515. The Balaban J connectivity index is 1.49. The molecule has 1 heterocycles. The summed E-state index contributed by atoms with van der Waals surface area (Å²) in [6, 6.07) is 3.90. The summed E-state index contributed by atoms with van der Waals surface area (Å²) in [7, 11) is 1.34. The molecule has 0 unspecified atom stereocenters. The molecule has 3 aliphatic rings. The molecule has 0 bridgehead atoms. The predicted molar refractivity (Wildman–Crippen MR) is 160 cm³/mol. The van der Waals surface area contributed by atoms with Gasteiger partial charge in [0.25, 0.3) is 0 Å². The molecular weight excluding hydrogens is 602 g/mol. The molecule has 0 spiro atoms. The lowest BCUT2D eigenvalue weighted by Gasteiger charge is -2.43. The normalized spacial score (nSPS) is 27.0. The van der Waals surface area contributed by atoms with Gasteiger partial charge >= 0.3 is 5.97 Å². The summed E-state index contributed by atoms with van der Waals surface area (Å²) in [6.45, 7) is 5.22. The summed E-state index contributed by atoms with van der Waals surface area (Å²) >= 11 is 0. The van der Waals surface area contributed by atoms with Gasteiger partial charge in [-0.05, 0) is 39.8 Å². The highest BCUT2D eigenvalue weighted by atomic mass is 16.7. The van der Waals surface area contributed by atoms with E-state index in [0.29, 0.717) is 13.0 Å². The molecule has 46 heavy (non-hydrogen) atoms. The number of hydrogen-bond donors (Lipinski definition) is 5. The van der Waals surface area contributed by atoms with Gasteiger partial charge in [0.05, 0.1) is 48.7 Å². The van der Waals surface area contributed by atoms with Crippen LogP contribution in [0.5, 0.6) is 17.2 Å². The van der Waals surface area contributed by atoms with E-state index >= 15 is 0 Å². The summed E-state index contributed by atoms with van der Waals surface area (Å²) in [5, 5.41) is 48.6. The Labute approximate surface area is 265 Å². The zero-order valence-electron chi connectivity index (χ0n) is 26.1. The molecule has 0 aromatic heterocycles. The van der Waals surface area contributed by atoms with Crippen molar-refractivity contribution in [1.82, 2.24) is 5.32 Å². The minimum atomic E-state index is -2.04. The molecule has 5 N–H and O–H groups in total. The molecule has 1 aliphatic heterocycles. The van der Waals surface area contributed by atoms with E-state index in [2.05, 4.69) is 5.32 Å². The van der Waals surface area contributed by atoms with E-state index in [4.69, 9.17) is 18.9 Å². The van der Waals surface area contributed by atoms with Crippen molar-refractivity contribution < 1.29 is 58.6 Å². The van der Waals surface area contributed by atoms with E-state index < -0.39 is 82.6 Å². The van der Waals surface area contributed by atoms with Crippen LogP contribution in [0.1, 0.15) is 95.5 Å². The molecular formula is C33H39NO12. The molecule has 13 nitrogen and oxygen atoms in total. The minimum Gasteiger partial charge on any atom is -0.507 e. The van der Waals surface area contributed by atoms with Crippen LogP contribution < -0.4 is 10.1 Å². The van der Waals surface area contributed by atoms with E-state index in [1.165, 1.54) is 32.2 Å². The van der Waals surface area contributed by atoms with Gasteiger partial charge in [0.1, 0.15) is 22.8 Å². The summed E-state index contributed by atoms with van der Waals surface area (Å²) in [4.78, 5) is 51.8. The molecule has 0 radical (unpaired) electrons.